The van der Waals surface area contributed by atoms with Gasteiger partial charge in [-0.25, -0.2) is 8.42 Å². The first kappa shape index (κ1) is 31.7. The van der Waals surface area contributed by atoms with Crippen molar-refractivity contribution in [3.63, 3.8) is 0 Å². The normalized spacial score (nSPS) is 12.7. The van der Waals surface area contributed by atoms with Gasteiger partial charge in [-0.15, -0.1) is 0 Å². The Balaban J connectivity index is 0. The average Bonchev–Trinajstić information content (AvgIpc) is 2.62. The fourth-order valence-corrected chi connectivity index (χ4v) is 4.56. The Morgan fingerprint density at radius 3 is 1.29 bits per heavy atom. The van der Waals surface area contributed by atoms with Gasteiger partial charge in [0.15, 0.2) is 0 Å². The Bertz CT molecular complexity index is 401. The molecule has 0 heterocycles. The van der Waals surface area contributed by atoms with Gasteiger partial charge in [-0.3, -0.25) is 0 Å². The van der Waals surface area contributed by atoms with E-state index in [1.165, 1.54) is 70.6 Å². The van der Waals surface area contributed by atoms with Crippen LogP contribution in [0.1, 0.15) is 129 Å². The third-order valence-electron chi connectivity index (χ3n) is 5.47. The Morgan fingerprint density at radius 2 is 0.964 bits per heavy atom. The van der Waals surface area contributed by atoms with E-state index in [1.807, 2.05) is 6.92 Å². The van der Waals surface area contributed by atoms with Crippen LogP contribution in [0.3, 0.4) is 0 Å². The summed E-state index contributed by atoms with van der Waals surface area (Å²) in [5, 5.41) is 8.06. The fraction of sp³-hybridized carbons (Fsp3) is 1.00. The van der Waals surface area contributed by atoms with E-state index < -0.39 is 15.4 Å². The number of hydrogen-bond acceptors (Lipinski definition) is 4. The summed E-state index contributed by atoms with van der Waals surface area (Å²) in [6.45, 7) is 2.36. The number of hydrogen-bond donors (Lipinski definition) is 1. The van der Waals surface area contributed by atoms with Crippen LogP contribution in [0.4, 0.5) is 0 Å². The van der Waals surface area contributed by atoms with Crippen molar-refractivity contribution >= 4 is 10.1 Å². The molecule has 0 aromatic heterocycles. The molecule has 0 aliphatic rings. The summed E-state index contributed by atoms with van der Waals surface area (Å²) in [6.07, 6.45) is 21.2. The van der Waals surface area contributed by atoms with Gasteiger partial charge >= 0.3 is 51.4 Å². The van der Waals surface area contributed by atoms with Crippen LogP contribution >= 0.6 is 0 Å². The van der Waals surface area contributed by atoms with Crippen molar-refractivity contribution in [3.05, 3.63) is 0 Å². The summed E-state index contributed by atoms with van der Waals surface area (Å²) in [4.78, 5) is 0. The zero-order chi connectivity index (χ0) is 20.2. The molecule has 1 unspecified atom stereocenters. The standard InChI is InChI=1S/C22H46O4S.K/c1-2-3-19-22(27(24,25)26)20-17-15-13-11-9-7-5-4-6-8-10-12-14-16-18-21-23;/h22-23H,2-21H2,1H3,(H,24,25,26);/q;+1/p-1. The predicted octanol–water partition coefficient (Wildman–Crippen LogP) is 3.33. The first-order chi connectivity index (χ1) is 13.0. The second kappa shape index (κ2) is 23.2. The van der Waals surface area contributed by atoms with Crippen LogP contribution in [0.5, 0.6) is 0 Å². The maximum Gasteiger partial charge on any atom is 1.00 e. The van der Waals surface area contributed by atoms with Gasteiger partial charge < -0.3 is 9.66 Å². The van der Waals surface area contributed by atoms with E-state index >= 15 is 0 Å². The number of unbranched alkanes of at least 4 members (excludes halogenated alkanes) is 15. The monoisotopic (exact) mass is 444 g/mol. The minimum atomic E-state index is -4.12. The molecule has 0 fully saturated rings. The van der Waals surface area contributed by atoms with Gasteiger partial charge in [0.05, 0.1) is 10.1 Å². The smallest absolute Gasteiger partial charge is 0.748 e. The molecule has 28 heavy (non-hydrogen) atoms. The van der Waals surface area contributed by atoms with E-state index in [9.17, 15) is 13.0 Å². The van der Waals surface area contributed by atoms with Crippen LogP contribution in [-0.4, -0.2) is 29.9 Å². The van der Waals surface area contributed by atoms with Gasteiger partial charge in [-0.1, -0.05) is 110 Å². The second-order valence-electron chi connectivity index (χ2n) is 8.07. The van der Waals surface area contributed by atoms with Crippen molar-refractivity contribution in [1.29, 1.82) is 0 Å². The second-order valence-corrected chi connectivity index (χ2v) is 9.72. The molecule has 0 spiro atoms. The third-order valence-corrected chi connectivity index (χ3v) is 6.76. The summed E-state index contributed by atoms with van der Waals surface area (Å²) < 4.78 is 33.8. The molecule has 0 radical (unpaired) electrons. The molecule has 0 amide bonds. The molecular weight excluding hydrogens is 399 g/mol. The maximum absolute atomic E-state index is 11.3. The van der Waals surface area contributed by atoms with Crippen LogP contribution in [-0.2, 0) is 10.1 Å². The van der Waals surface area contributed by atoms with Crippen molar-refractivity contribution in [1.82, 2.24) is 0 Å². The summed E-state index contributed by atoms with van der Waals surface area (Å²) in [7, 11) is -4.12. The largest absolute Gasteiger partial charge is 1.00 e. The van der Waals surface area contributed by atoms with Crippen LogP contribution in [0, 0.1) is 0 Å². The third kappa shape index (κ3) is 22.2. The van der Waals surface area contributed by atoms with E-state index in [4.69, 9.17) is 5.11 Å². The number of rotatable bonds is 21. The summed E-state index contributed by atoms with van der Waals surface area (Å²) >= 11 is 0. The molecule has 0 bridgehead atoms. The zero-order valence-electron chi connectivity index (χ0n) is 18.8. The van der Waals surface area contributed by atoms with Gasteiger partial charge in [0.1, 0.15) is 0 Å². The van der Waals surface area contributed by atoms with Crippen molar-refractivity contribution in [2.75, 3.05) is 6.61 Å². The molecule has 1 N–H and O–H groups in total. The van der Waals surface area contributed by atoms with E-state index in [1.54, 1.807) is 0 Å². The Labute approximate surface area is 218 Å². The van der Waals surface area contributed by atoms with Gasteiger partial charge in [0.2, 0.25) is 0 Å². The summed E-state index contributed by atoms with van der Waals surface area (Å²) in [5.41, 5.74) is 0. The van der Waals surface area contributed by atoms with Gasteiger partial charge in [-0.05, 0) is 19.3 Å². The molecule has 0 aromatic carbocycles. The van der Waals surface area contributed by atoms with Crippen molar-refractivity contribution in [3.8, 4) is 0 Å². The minimum absolute atomic E-state index is 0. The fourth-order valence-electron chi connectivity index (χ4n) is 3.65. The molecule has 164 valence electrons. The van der Waals surface area contributed by atoms with E-state index in [0.29, 0.717) is 19.4 Å². The van der Waals surface area contributed by atoms with Crippen LogP contribution in [0.25, 0.3) is 0 Å². The molecule has 6 heteroatoms. The maximum atomic E-state index is 11.3. The first-order valence-electron chi connectivity index (χ1n) is 11.6. The molecular formula is C22H45KO4S. The van der Waals surface area contributed by atoms with Gasteiger partial charge in [-0.2, -0.15) is 0 Å². The van der Waals surface area contributed by atoms with Gasteiger partial charge in [0, 0.05) is 11.9 Å². The van der Waals surface area contributed by atoms with Crippen molar-refractivity contribution in [2.45, 2.75) is 134 Å². The molecule has 1 atom stereocenters. The topological polar surface area (TPSA) is 77.4 Å². The first-order valence-corrected chi connectivity index (χ1v) is 13.0. The van der Waals surface area contributed by atoms with Crippen LogP contribution in [0.15, 0.2) is 0 Å². The summed E-state index contributed by atoms with van der Waals surface area (Å²) in [6, 6.07) is 0. The van der Waals surface area contributed by atoms with E-state index in [2.05, 4.69) is 0 Å². The van der Waals surface area contributed by atoms with E-state index in [0.717, 1.165) is 38.5 Å². The van der Waals surface area contributed by atoms with Crippen LogP contribution < -0.4 is 51.4 Å². The summed E-state index contributed by atoms with van der Waals surface area (Å²) in [5.74, 6) is 0. The molecule has 0 aromatic rings. The van der Waals surface area contributed by atoms with Crippen molar-refractivity contribution in [2.24, 2.45) is 0 Å². The molecule has 0 rings (SSSR count). The molecule has 0 saturated heterocycles. The predicted molar refractivity (Wildman–Crippen MR) is 114 cm³/mol. The average molecular weight is 445 g/mol. The molecule has 0 aliphatic heterocycles. The van der Waals surface area contributed by atoms with Gasteiger partial charge in [0.25, 0.3) is 0 Å². The Hall–Kier alpha value is 1.51. The quantitative estimate of drug-likeness (QED) is 0.167. The Kier molecular flexibility index (Phi) is 26.2. The number of aliphatic hydroxyl groups is 1. The molecule has 4 nitrogen and oxygen atoms in total. The molecule has 0 aliphatic carbocycles. The minimum Gasteiger partial charge on any atom is -0.748 e. The SMILES string of the molecule is CCCCC(CCCCCCCCCCCCCCCCCO)S(=O)(=O)[O-].[K+]. The van der Waals surface area contributed by atoms with Crippen LogP contribution in [0.2, 0.25) is 0 Å². The Morgan fingerprint density at radius 1 is 0.643 bits per heavy atom. The van der Waals surface area contributed by atoms with Crippen molar-refractivity contribution < 1.29 is 69.5 Å². The number of aliphatic hydroxyl groups excluding tert-OH is 1. The molecule has 0 saturated carbocycles. The van der Waals surface area contributed by atoms with E-state index in [-0.39, 0.29) is 51.4 Å². The zero-order valence-corrected chi connectivity index (χ0v) is 22.7.